The lowest BCUT2D eigenvalue weighted by Gasteiger charge is -2.09. The fraction of sp³-hybridized carbons (Fsp3) is 0.273. The molecule has 2 aromatic rings. The van der Waals surface area contributed by atoms with E-state index in [1.165, 1.54) is 6.92 Å². The third-order valence-electron chi connectivity index (χ3n) is 2.36. The number of Topliss-reactive ketones (excluding diaryl/α,β-unsaturated/α-hetero) is 1. The maximum absolute atomic E-state index is 11.6. The van der Waals surface area contributed by atoms with Crippen LogP contribution in [0.3, 0.4) is 0 Å². The van der Waals surface area contributed by atoms with Crippen molar-refractivity contribution in [2.24, 2.45) is 0 Å². The Kier molecular flexibility index (Phi) is 3.40. The molecule has 1 aromatic heterocycles. The minimum atomic E-state index is -0.101. The van der Waals surface area contributed by atoms with Gasteiger partial charge in [-0.05, 0) is 35.8 Å². The highest BCUT2D eigenvalue weighted by Gasteiger charge is 2.19. The van der Waals surface area contributed by atoms with Crippen molar-refractivity contribution >= 4 is 44.2 Å². The van der Waals surface area contributed by atoms with Gasteiger partial charge in [-0.25, -0.2) is 0 Å². The first-order valence-electron chi connectivity index (χ1n) is 5.06. The van der Waals surface area contributed by atoms with Crippen molar-refractivity contribution in [2.45, 2.75) is 13.8 Å². The Bertz CT molecular complexity index is 595. The van der Waals surface area contributed by atoms with Crippen LogP contribution in [0.4, 0.5) is 0 Å². The molecule has 0 aliphatic rings. The molecular weight excluding hydrogens is 307 g/mol. The second-order valence-electron chi connectivity index (χ2n) is 3.49. The number of hydrogen-bond acceptors (Lipinski definition) is 3. The van der Waals surface area contributed by atoms with Crippen molar-refractivity contribution in [3.63, 3.8) is 0 Å². The smallest absolute Gasteiger partial charge is 0.163 e. The number of benzene rings is 1. The molecule has 0 spiro atoms. The molecule has 1 aromatic carbocycles. The molecule has 0 saturated heterocycles. The zero-order valence-electron chi connectivity index (χ0n) is 9.30. The zero-order chi connectivity index (χ0) is 12.6. The van der Waals surface area contributed by atoms with Gasteiger partial charge in [-0.3, -0.25) is 9.89 Å². The molecule has 0 aliphatic heterocycles. The Morgan fingerprint density at radius 3 is 2.94 bits per heavy atom. The standard InChI is InChI=1S/C11H10BrClN2O2/c1-3-17-10-6(5(2)16)4-7(13)8-9(10)14-15-11(8)12/h4H,3H2,1-2H3,(H,14,15). The number of halogens is 2. The van der Waals surface area contributed by atoms with E-state index in [-0.39, 0.29) is 5.78 Å². The Hall–Kier alpha value is -1.07. The van der Waals surface area contributed by atoms with E-state index < -0.39 is 0 Å². The number of hydrogen-bond donors (Lipinski definition) is 1. The fourth-order valence-electron chi connectivity index (χ4n) is 1.65. The van der Waals surface area contributed by atoms with Crippen LogP contribution >= 0.6 is 27.5 Å². The molecule has 17 heavy (non-hydrogen) atoms. The highest BCUT2D eigenvalue weighted by Crippen LogP contribution is 2.37. The van der Waals surface area contributed by atoms with Crippen LogP contribution in [0.1, 0.15) is 24.2 Å². The number of carbonyl (C=O) groups excluding carboxylic acids is 1. The molecule has 90 valence electrons. The first-order valence-corrected chi connectivity index (χ1v) is 6.23. The molecule has 0 aliphatic carbocycles. The SMILES string of the molecule is CCOc1c(C(C)=O)cc(Cl)c2c(Br)[nH]nc12. The van der Waals surface area contributed by atoms with Crippen LogP contribution in [-0.4, -0.2) is 22.6 Å². The third-order valence-corrected chi connectivity index (χ3v) is 3.23. The van der Waals surface area contributed by atoms with Crippen LogP contribution in [0.5, 0.6) is 5.75 Å². The molecule has 0 bridgehead atoms. The highest BCUT2D eigenvalue weighted by atomic mass is 79.9. The van der Waals surface area contributed by atoms with E-state index in [0.717, 1.165) is 5.39 Å². The number of ketones is 1. The number of H-pyrrole nitrogens is 1. The number of ether oxygens (including phenoxy) is 1. The summed E-state index contributed by atoms with van der Waals surface area (Å²) in [4.78, 5) is 11.6. The van der Waals surface area contributed by atoms with E-state index in [1.807, 2.05) is 6.92 Å². The molecule has 6 heteroatoms. The van der Waals surface area contributed by atoms with Crippen molar-refractivity contribution in [1.82, 2.24) is 10.2 Å². The maximum atomic E-state index is 11.6. The Labute approximate surface area is 111 Å². The van der Waals surface area contributed by atoms with Crippen LogP contribution in [0.2, 0.25) is 5.02 Å². The van der Waals surface area contributed by atoms with Gasteiger partial charge in [0, 0.05) is 0 Å². The normalized spacial score (nSPS) is 10.8. The Balaban J connectivity index is 2.83. The lowest BCUT2D eigenvalue weighted by molar-refractivity contribution is 0.101. The summed E-state index contributed by atoms with van der Waals surface area (Å²) < 4.78 is 6.17. The van der Waals surface area contributed by atoms with Crippen LogP contribution in [0.15, 0.2) is 10.7 Å². The van der Waals surface area contributed by atoms with Gasteiger partial charge in [0.25, 0.3) is 0 Å². The van der Waals surface area contributed by atoms with Crippen molar-refractivity contribution in [3.05, 3.63) is 21.3 Å². The predicted octanol–water partition coefficient (Wildman–Crippen LogP) is 3.58. The first-order chi connectivity index (χ1) is 8.06. The number of aromatic nitrogens is 2. The van der Waals surface area contributed by atoms with E-state index in [2.05, 4.69) is 26.1 Å². The van der Waals surface area contributed by atoms with Crippen LogP contribution in [0, 0.1) is 0 Å². The van der Waals surface area contributed by atoms with Crippen LogP contribution in [-0.2, 0) is 0 Å². The summed E-state index contributed by atoms with van der Waals surface area (Å²) in [5, 5.41) is 8.07. The van der Waals surface area contributed by atoms with E-state index in [9.17, 15) is 4.79 Å². The van der Waals surface area contributed by atoms with Crippen LogP contribution < -0.4 is 4.74 Å². The molecule has 0 amide bonds. The predicted molar refractivity (Wildman–Crippen MR) is 70.0 cm³/mol. The summed E-state index contributed by atoms with van der Waals surface area (Å²) in [5.41, 5.74) is 1.01. The molecule has 0 unspecified atom stereocenters. The summed E-state index contributed by atoms with van der Waals surface area (Å²) in [5.74, 6) is 0.373. The summed E-state index contributed by atoms with van der Waals surface area (Å²) in [7, 11) is 0. The lowest BCUT2D eigenvalue weighted by atomic mass is 10.1. The zero-order valence-corrected chi connectivity index (χ0v) is 11.6. The summed E-state index contributed by atoms with van der Waals surface area (Å²) in [6, 6.07) is 1.61. The Morgan fingerprint density at radius 2 is 2.35 bits per heavy atom. The number of carbonyl (C=O) groups is 1. The molecule has 2 rings (SSSR count). The molecule has 0 atom stereocenters. The molecular formula is C11H10BrClN2O2. The van der Waals surface area contributed by atoms with Crippen molar-refractivity contribution in [3.8, 4) is 5.75 Å². The largest absolute Gasteiger partial charge is 0.491 e. The minimum absolute atomic E-state index is 0.101. The fourth-order valence-corrected chi connectivity index (χ4v) is 2.54. The van der Waals surface area contributed by atoms with Gasteiger partial charge in [-0.15, -0.1) is 0 Å². The molecule has 0 radical (unpaired) electrons. The molecule has 1 N–H and O–H groups in total. The highest BCUT2D eigenvalue weighted by molar-refractivity contribution is 9.10. The van der Waals surface area contributed by atoms with Crippen molar-refractivity contribution in [1.29, 1.82) is 0 Å². The monoisotopic (exact) mass is 316 g/mol. The number of fused-ring (bicyclic) bond motifs is 1. The quantitative estimate of drug-likeness (QED) is 0.880. The molecule has 0 fully saturated rings. The summed E-state index contributed by atoms with van der Waals surface area (Å²) in [6.45, 7) is 3.79. The summed E-state index contributed by atoms with van der Waals surface area (Å²) >= 11 is 9.45. The second-order valence-corrected chi connectivity index (χ2v) is 4.69. The van der Waals surface area contributed by atoms with E-state index in [1.54, 1.807) is 6.07 Å². The van der Waals surface area contributed by atoms with Gasteiger partial charge >= 0.3 is 0 Å². The molecule has 4 nitrogen and oxygen atoms in total. The maximum Gasteiger partial charge on any atom is 0.163 e. The van der Waals surface area contributed by atoms with E-state index in [4.69, 9.17) is 16.3 Å². The topological polar surface area (TPSA) is 55.0 Å². The third kappa shape index (κ3) is 2.05. The van der Waals surface area contributed by atoms with Gasteiger partial charge in [-0.2, -0.15) is 5.10 Å². The summed E-state index contributed by atoms with van der Waals surface area (Å²) in [6.07, 6.45) is 0. The van der Waals surface area contributed by atoms with Gasteiger partial charge in [0.15, 0.2) is 11.5 Å². The van der Waals surface area contributed by atoms with Gasteiger partial charge in [-0.1, -0.05) is 11.6 Å². The molecule has 1 heterocycles. The first kappa shape index (κ1) is 12.4. The number of nitrogens with one attached hydrogen (secondary N) is 1. The molecule has 0 saturated carbocycles. The Morgan fingerprint density at radius 1 is 1.65 bits per heavy atom. The van der Waals surface area contributed by atoms with Crippen LogP contribution in [0.25, 0.3) is 10.9 Å². The average Bonchev–Trinajstić information content (AvgIpc) is 2.65. The second kappa shape index (κ2) is 4.66. The lowest BCUT2D eigenvalue weighted by Crippen LogP contribution is -2.01. The minimum Gasteiger partial charge on any atom is -0.491 e. The van der Waals surface area contributed by atoms with Gasteiger partial charge < -0.3 is 4.74 Å². The number of aromatic amines is 1. The number of rotatable bonds is 3. The number of nitrogens with zero attached hydrogens (tertiary/aromatic N) is 1. The van der Waals surface area contributed by atoms with E-state index in [0.29, 0.717) is 33.1 Å². The average molecular weight is 318 g/mol. The van der Waals surface area contributed by atoms with Gasteiger partial charge in [0.05, 0.1) is 22.6 Å². The van der Waals surface area contributed by atoms with E-state index >= 15 is 0 Å². The van der Waals surface area contributed by atoms with Gasteiger partial charge in [0.2, 0.25) is 0 Å². The van der Waals surface area contributed by atoms with Crippen molar-refractivity contribution in [2.75, 3.05) is 6.61 Å². The van der Waals surface area contributed by atoms with Gasteiger partial charge in [0.1, 0.15) is 10.1 Å². The van der Waals surface area contributed by atoms with Crippen molar-refractivity contribution < 1.29 is 9.53 Å².